The lowest BCUT2D eigenvalue weighted by atomic mass is 10.00. The molecule has 0 unspecified atom stereocenters. The number of nitrogens with zero attached hydrogens (tertiary/aromatic N) is 3. The number of hydrogen-bond donors (Lipinski definition) is 0. The van der Waals surface area contributed by atoms with E-state index >= 15 is 0 Å². The van der Waals surface area contributed by atoms with Crippen LogP contribution in [0, 0.1) is 24.5 Å². The Morgan fingerprint density at radius 1 is 1.15 bits per heavy atom. The number of aromatic nitrogens is 3. The molecule has 1 fully saturated rings. The first-order valence-corrected chi connectivity index (χ1v) is 13.2. The van der Waals surface area contributed by atoms with Crippen molar-refractivity contribution in [3.05, 3.63) is 77.9 Å². The Hall–Kier alpha value is -2.74. The minimum absolute atomic E-state index is 0.0494. The van der Waals surface area contributed by atoms with E-state index in [0.717, 1.165) is 28.7 Å². The molecule has 2 aromatic carbocycles. The van der Waals surface area contributed by atoms with E-state index in [2.05, 4.69) is 10.1 Å². The summed E-state index contributed by atoms with van der Waals surface area (Å²) in [5.41, 5.74) is 0.491. The third-order valence-electron chi connectivity index (χ3n) is 5.49. The molecular formula is C21H21F2N3O6S2. The van der Waals surface area contributed by atoms with Crippen LogP contribution >= 0.6 is 0 Å². The van der Waals surface area contributed by atoms with Gasteiger partial charge in [-0.25, -0.2) is 26.9 Å². The van der Waals surface area contributed by atoms with Gasteiger partial charge >= 0.3 is 0 Å². The van der Waals surface area contributed by atoms with Gasteiger partial charge < -0.3 is 4.74 Å². The van der Waals surface area contributed by atoms with E-state index in [9.17, 15) is 25.6 Å². The first-order valence-electron chi connectivity index (χ1n) is 10.1. The Balaban J connectivity index is 1.61. The van der Waals surface area contributed by atoms with Gasteiger partial charge in [-0.3, -0.25) is 4.18 Å². The SMILES string of the molecule is Cc1ccc(S(=O)(=O)OC[C@@H]2CO[C@@](c3ccc(F)cc3F)(S(=O)(=O)Cn3cncn3)C2)cc1. The van der Waals surface area contributed by atoms with Crippen LogP contribution in [0.3, 0.4) is 0 Å². The topological polar surface area (TPSA) is 117 Å². The minimum atomic E-state index is -4.31. The van der Waals surface area contributed by atoms with Crippen LogP contribution in [0.1, 0.15) is 17.5 Å². The number of sulfone groups is 1. The zero-order valence-corrected chi connectivity index (χ0v) is 19.6. The number of hydrogen-bond acceptors (Lipinski definition) is 8. The molecule has 2 heterocycles. The zero-order valence-electron chi connectivity index (χ0n) is 18.0. The van der Waals surface area contributed by atoms with Gasteiger partial charge in [-0.1, -0.05) is 17.7 Å². The van der Waals surface area contributed by atoms with Gasteiger partial charge in [-0.15, -0.1) is 0 Å². The van der Waals surface area contributed by atoms with Gasteiger partial charge in [0.2, 0.25) is 9.84 Å². The second-order valence-corrected chi connectivity index (χ2v) is 11.8. The summed E-state index contributed by atoms with van der Waals surface area (Å²) < 4.78 is 92.1. The van der Waals surface area contributed by atoms with E-state index in [0.29, 0.717) is 6.07 Å². The summed E-state index contributed by atoms with van der Waals surface area (Å²) in [6, 6.07) is 8.54. The third kappa shape index (κ3) is 4.73. The predicted molar refractivity (Wildman–Crippen MR) is 115 cm³/mol. The molecule has 2 atom stereocenters. The number of aryl methyl sites for hydroxylation is 1. The molecule has 4 rings (SSSR count). The van der Waals surface area contributed by atoms with E-state index in [1.807, 2.05) is 0 Å². The van der Waals surface area contributed by atoms with Crippen LogP contribution in [-0.4, -0.2) is 44.8 Å². The Bertz CT molecular complexity index is 1380. The molecule has 1 aliphatic rings. The monoisotopic (exact) mass is 513 g/mol. The van der Waals surface area contributed by atoms with Gasteiger partial charge in [0, 0.05) is 24.0 Å². The van der Waals surface area contributed by atoms with Crippen molar-refractivity contribution in [1.82, 2.24) is 14.8 Å². The Morgan fingerprint density at radius 2 is 1.88 bits per heavy atom. The standard InChI is InChI=1S/C21H21F2N3O6S2/c1-15-2-5-18(6-3-15)34(29,30)32-11-16-9-21(31-10-16,19-7-4-17(22)8-20(19)23)33(27,28)14-26-13-24-12-25-26/h2-8,12-13,16H,9-11,14H2,1H3/t16-,21+/m0/s1. The summed E-state index contributed by atoms with van der Waals surface area (Å²) in [4.78, 5) is 1.45. The lowest BCUT2D eigenvalue weighted by molar-refractivity contribution is 0.0628. The average molecular weight is 514 g/mol. The molecule has 1 aliphatic heterocycles. The first kappa shape index (κ1) is 24.4. The summed E-state index contributed by atoms with van der Waals surface area (Å²) in [5.74, 6) is -3.38. The average Bonchev–Trinajstić information content (AvgIpc) is 3.43. The van der Waals surface area contributed by atoms with E-state index < -0.39 is 48.3 Å². The molecular weight excluding hydrogens is 492 g/mol. The minimum Gasteiger partial charge on any atom is -0.354 e. The highest BCUT2D eigenvalue weighted by molar-refractivity contribution is 7.91. The fourth-order valence-electron chi connectivity index (χ4n) is 3.76. The molecule has 0 spiro atoms. The fraction of sp³-hybridized carbons (Fsp3) is 0.333. The van der Waals surface area contributed by atoms with Gasteiger partial charge in [-0.2, -0.15) is 13.5 Å². The molecule has 9 nitrogen and oxygen atoms in total. The molecule has 3 aromatic rings. The summed E-state index contributed by atoms with van der Waals surface area (Å²) in [5, 5.41) is 3.77. The Labute approximate surface area is 195 Å². The first-order chi connectivity index (χ1) is 16.0. The fourth-order valence-corrected chi connectivity index (χ4v) is 6.67. The van der Waals surface area contributed by atoms with Crippen molar-refractivity contribution in [2.45, 2.75) is 29.0 Å². The summed E-state index contributed by atoms with van der Waals surface area (Å²) >= 11 is 0. The van der Waals surface area contributed by atoms with Crippen LogP contribution in [0.4, 0.5) is 8.78 Å². The highest BCUT2D eigenvalue weighted by Gasteiger charge is 2.54. The second kappa shape index (κ2) is 9.13. The molecule has 0 N–H and O–H groups in total. The van der Waals surface area contributed by atoms with E-state index in [-0.39, 0.29) is 30.1 Å². The van der Waals surface area contributed by atoms with Gasteiger partial charge in [0.05, 0.1) is 18.1 Å². The maximum atomic E-state index is 14.8. The van der Waals surface area contributed by atoms with Crippen LogP contribution in [0.25, 0.3) is 0 Å². The van der Waals surface area contributed by atoms with E-state index in [1.54, 1.807) is 19.1 Å². The van der Waals surface area contributed by atoms with Crippen molar-refractivity contribution >= 4 is 20.0 Å². The molecule has 0 bridgehead atoms. The smallest absolute Gasteiger partial charge is 0.296 e. The zero-order chi connectivity index (χ0) is 24.6. The second-order valence-electron chi connectivity index (χ2n) is 7.99. The van der Waals surface area contributed by atoms with Gasteiger partial charge in [0.25, 0.3) is 10.1 Å². The Morgan fingerprint density at radius 3 is 2.53 bits per heavy atom. The lowest BCUT2D eigenvalue weighted by Crippen LogP contribution is -2.38. The van der Waals surface area contributed by atoms with Crippen molar-refractivity contribution in [2.24, 2.45) is 5.92 Å². The quantitative estimate of drug-likeness (QED) is 0.422. The normalized spacial score (nSPS) is 21.1. The summed E-state index contributed by atoms with van der Waals surface area (Å²) in [7, 11) is -8.41. The van der Waals surface area contributed by atoms with Crippen molar-refractivity contribution < 1.29 is 34.5 Å². The van der Waals surface area contributed by atoms with Crippen LogP contribution in [0.15, 0.2) is 60.0 Å². The summed E-state index contributed by atoms with van der Waals surface area (Å²) in [6.07, 6.45) is 2.01. The van der Waals surface area contributed by atoms with E-state index in [1.165, 1.54) is 18.5 Å². The predicted octanol–water partition coefficient (Wildman–Crippen LogP) is 2.53. The molecule has 0 amide bonds. The lowest BCUT2D eigenvalue weighted by Gasteiger charge is -2.29. The van der Waals surface area contributed by atoms with Gasteiger partial charge in [0.1, 0.15) is 30.2 Å². The van der Waals surface area contributed by atoms with Crippen molar-refractivity contribution in [2.75, 3.05) is 13.2 Å². The maximum Gasteiger partial charge on any atom is 0.296 e. The van der Waals surface area contributed by atoms with Crippen molar-refractivity contribution in [3.63, 3.8) is 0 Å². The third-order valence-corrected chi connectivity index (χ3v) is 8.90. The number of rotatable bonds is 8. The van der Waals surface area contributed by atoms with Crippen LogP contribution < -0.4 is 0 Å². The largest absolute Gasteiger partial charge is 0.354 e. The molecule has 13 heteroatoms. The number of benzene rings is 2. The molecule has 34 heavy (non-hydrogen) atoms. The van der Waals surface area contributed by atoms with Crippen LogP contribution in [0.5, 0.6) is 0 Å². The van der Waals surface area contributed by atoms with Crippen molar-refractivity contribution in [3.8, 4) is 0 Å². The molecule has 1 aromatic heterocycles. The van der Waals surface area contributed by atoms with Gasteiger partial charge in [0.15, 0.2) is 4.93 Å². The Kier molecular flexibility index (Phi) is 6.55. The highest BCUT2D eigenvalue weighted by atomic mass is 32.2. The summed E-state index contributed by atoms with van der Waals surface area (Å²) in [6.45, 7) is 1.19. The molecule has 182 valence electrons. The molecule has 0 saturated carbocycles. The molecule has 1 saturated heterocycles. The number of ether oxygens (including phenoxy) is 1. The van der Waals surface area contributed by atoms with Crippen LogP contribution in [0.2, 0.25) is 0 Å². The highest BCUT2D eigenvalue weighted by Crippen LogP contribution is 2.45. The van der Waals surface area contributed by atoms with Crippen molar-refractivity contribution in [1.29, 1.82) is 0 Å². The van der Waals surface area contributed by atoms with Gasteiger partial charge in [-0.05, 0) is 31.2 Å². The molecule has 0 aliphatic carbocycles. The van der Waals surface area contributed by atoms with E-state index in [4.69, 9.17) is 8.92 Å². The maximum absolute atomic E-state index is 14.8. The van der Waals surface area contributed by atoms with Crippen LogP contribution in [-0.2, 0) is 39.7 Å². The number of halogens is 2. The molecule has 0 radical (unpaired) electrons.